The fraction of sp³-hybridized carbons (Fsp3) is 0.150. The lowest BCUT2D eigenvalue weighted by Crippen LogP contribution is -2.00. The van der Waals surface area contributed by atoms with Gasteiger partial charge in [-0.05, 0) is 61.7 Å². The molecule has 0 saturated carbocycles. The molecule has 0 aliphatic rings. The van der Waals surface area contributed by atoms with Gasteiger partial charge >= 0.3 is 0 Å². The fourth-order valence-corrected chi connectivity index (χ4v) is 2.85. The molecule has 2 aromatic heterocycles. The monoisotopic (exact) mass is 329 g/mol. The van der Waals surface area contributed by atoms with Gasteiger partial charge < -0.3 is 5.32 Å². The standard InChI is InChI=1S/C20H19N5/c1-13-5-4-6-17(9-13)25-20-18(11-23-25)19(21-12-22-20)24-16-8-7-14(2)15(3)10-16/h4-12H,1-3H3,(H,21,22,24). The lowest BCUT2D eigenvalue weighted by molar-refractivity contribution is 0.894. The van der Waals surface area contributed by atoms with Crippen LogP contribution in [0.5, 0.6) is 0 Å². The van der Waals surface area contributed by atoms with E-state index in [0.29, 0.717) is 0 Å². The second-order valence-electron chi connectivity index (χ2n) is 6.28. The normalized spacial score (nSPS) is 11.0. The van der Waals surface area contributed by atoms with Gasteiger partial charge in [-0.1, -0.05) is 18.2 Å². The Hall–Kier alpha value is -3.21. The summed E-state index contributed by atoms with van der Waals surface area (Å²) in [6, 6.07) is 14.5. The van der Waals surface area contributed by atoms with E-state index in [9.17, 15) is 0 Å². The molecule has 2 heterocycles. The third-order valence-electron chi connectivity index (χ3n) is 4.38. The zero-order valence-electron chi connectivity index (χ0n) is 14.5. The summed E-state index contributed by atoms with van der Waals surface area (Å²) in [7, 11) is 0. The summed E-state index contributed by atoms with van der Waals surface area (Å²) in [6.07, 6.45) is 3.38. The van der Waals surface area contributed by atoms with Gasteiger partial charge in [0.05, 0.1) is 17.3 Å². The van der Waals surface area contributed by atoms with Crippen molar-refractivity contribution in [3.8, 4) is 5.69 Å². The summed E-state index contributed by atoms with van der Waals surface area (Å²) in [6.45, 7) is 6.27. The third kappa shape index (κ3) is 2.85. The Balaban J connectivity index is 1.77. The van der Waals surface area contributed by atoms with Crippen LogP contribution in [-0.2, 0) is 0 Å². The van der Waals surface area contributed by atoms with Crippen LogP contribution in [-0.4, -0.2) is 19.7 Å². The van der Waals surface area contributed by atoms with Gasteiger partial charge in [0.15, 0.2) is 5.65 Å². The topological polar surface area (TPSA) is 55.6 Å². The number of fused-ring (bicyclic) bond motifs is 1. The van der Waals surface area contributed by atoms with Gasteiger partial charge in [0.2, 0.25) is 0 Å². The van der Waals surface area contributed by atoms with Crippen molar-refractivity contribution in [3.63, 3.8) is 0 Å². The zero-order chi connectivity index (χ0) is 17.4. The molecule has 5 heteroatoms. The van der Waals surface area contributed by atoms with Gasteiger partial charge in [0.25, 0.3) is 0 Å². The maximum absolute atomic E-state index is 4.51. The summed E-state index contributed by atoms with van der Waals surface area (Å²) >= 11 is 0. The fourth-order valence-electron chi connectivity index (χ4n) is 2.85. The number of hydrogen-bond donors (Lipinski definition) is 1. The Morgan fingerprint density at radius 1 is 0.920 bits per heavy atom. The van der Waals surface area contributed by atoms with E-state index in [4.69, 9.17) is 0 Å². The molecule has 4 rings (SSSR count). The Morgan fingerprint density at radius 3 is 2.60 bits per heavy atom. The minimum Gasteiger partial charge on any atom is -0.340 e. The van der Waals surface area contributed by atoms with Gasteiger partial charge in [-0.15, -0.1) is 0 Å². The van der Waals surface area contributed by atoms with Crippen molar-refractivity contribution < 1.29 is 0 Å². The first-order valence-corrected chi connectivity index (χ1v) is 8.22. The van der Waals surface area contributed by atoms with Gasteiger partial charge in [-0.2, -0.15) is 5.10 Å². The second-order valence-corrected chi connectivity index (χ2v) is 6.28. The molecule has 4 aromatic rings. The maximum atomic E-state index is 4.51. The number of rotatable bonds is 3. The first kappa shape index (κ1) is 15.3. The highest BCUT2D eigenvalue weighted by Crippen LogP contribution is 2.25. The first-order chi connectivity index (χ1) is 12.1. The van der Waals surface area contributed by atoms with Crippen LogP contribution in [0.25, 0.3) is 16.7 Å². The van der Waals surface area contributed by atoms with Gasteiger partial charge in [-0.3, -0.25) is 0 Å². The number of nitrogens with one attached hydrogen (secondary N) is 1. The highest BCUT2D eigenvalue weighted by molar-refractivity contribution is 5.89. The molecular formula is C20H19N5. The Bertz CT molecular complexity index is 1060. The van der Waals surface area contributed by atoms with Crippen molar-refractivity contribution in [1.82, 2.24) is 19.7 Å². The van der Waals surface area contributed by atoms with Gasteiger partial charge in [-0.25, -0.2) is 14.6 Å². The van der Waals surface area contributed by atoms with Crippen molar-refractivity contribution in [2.24, 2.45) is 0 Å². The zero-order valence-corrected chi connectivity index (χ0v) is 14.5. The lowest BCUT2D eigenvalue weighted by Gasteiger charge is -2.09. The molecule has 0 spiro atoms. The van der Waals surface area contributed by atoms with E-state index in [0.717, 1.165) is 28.2 Å². The average Bonchev–Trinajstić information content (AvgIpc) is 3.03. The van der Waals surface area contributed by atoms with Crippen molar-refractivity contribution >= 4 is 22.5 Å². The van der Waals surface area contributed by atoms with Crippen LogP contribution in [0.2, 0.25) is 0 Å². The molecule has 0 bridgehead atoms. The van der Waals surface area contributed by atoms with E-state index >= 15 is 0 Å². The predicted molar refractivity (Wildman–Crippen MR) is 101 cm³/mol. The Morgan fingerprint density at radius 2 is 1.80 bits per heavy atom. The van der Waals surface area contributed by atoms with E-state index in [2.05, 4.69) is 71.5 Å². The Kier molecular flexibility index (Phi) is 3.69. The quantitative estimate of drug-likeness (QED) is 0.602. The molecule has 124 valence electrons. The predicted octanol–water partition coefficient (Wildman–Crippen LogP) is 4.48. The first-order valence-electron chi connectivity index (χ1n) is 8.22. The molecule has 0 amide bonds. The van der Waals surface area contributed by atoms with Crippen LogP contribution in [0, 0.1) is 20.8 Å². The number of aryl methyl sites for hydroxylation is 3. The SMILES string of the molecule is Cc1cccc(-n2ncc3c(Nc4ccc(C)c(C)c4)ncnc32)c1. The summed E-state index contributed by atoms with van der Waals surface area (Å²) in [5.41, 5.74) is 6.48. The largest absolute Gasteiger partial charge is 0.340 e. The molecule has 0 aliphatic heterocycles. The van der Waals surface area contributed by atoms with E-state index in [-0.39, 0.29) is 0 Å². The highest BCUT2D eigenvalue weighted by atomic mass is 15.3. The molecule has 1 N–H and O–H groups in total. The molecule has 25 heavy (non-hydrogen) atoms. The minimum atomic E-state index is 0.757. The van der Waals surface area contributed by atoms with Crippen LogP contribution in [0.15, 0.2) is 55.0 Å². The minimum absolute atomic E-state index is 0.757. The molecule has 0 radical (unpaired) electrons. The average molecular weight is 329 g/mol. The van der Waals surface area contributed by atoms with Crippen molar-refractivity contribution in [2.75, 3.05) is 5.32 Å². The molecule has 0 saturated heterocycles. The van der Waals surface area contributed by atoms with E-state index in [1.54, 1.807) is 12.5 Å². The molecule has 2 aromatic carbocycles. The number of hydrogen-bond acceptors (Lipinski definition) is 4. The Labute approximate surface area is 146 Å². The van der Waals surface area contributed by atoms with E-state index < -0.39 is 0 Å². The molecule has 0 unspecified atom stereocenters. The molecule has 0 atom stereocenters. The maximum Gasteiger partial charge on any atom is 0.168 e. The van der Waals surface area contributed by atoms with Crippen molar-refractivity contribution in [2.45, 2.75) is 20.8 Å². The molecule has 5 nitrogen and oxygen atoms in total. The molecular weight excluding hydrogens is 310 g/mol. The van der Waals surface area contributed by atoms with Crippen molar-refractivity contribution in [1.29, 1.82) is 0 Å². The van der Waals surface area contributed by atoms with Crippen LogP contribution in [0.3, 0.4) is 0 Å². The van der Waals surface area contributed by atoms with Gasteiger partial charge in [0.1, 0.15) is 12.1 Å². The smallest absolute Gasteiger partial charge is 0.168 e. The number of nitrogens with zero attached hydrogens (tertiary/aromatic N) is 4. The number of benzene rings is 2. The van der Waals surface area contributed by atoms with E-state index in [1.165, 1.54) is 16.7 Å². The number of anilines is 2. The summed E-state index contributed by atoms with van der Waals surface area (Å²) in [5.74, 6) is 0.757. The van der Waals surface area contributed by atoms with Crippen LogP contribution in [0.1, 0.15) is 16.7 Å². The van der Waals surface area contributed by atoms with Crippen molar-refractivity contribution in [3.05, 3.63) is 71.7 Å². The summed E-state index contributed by atoms with van der Waals surface area (Å²) in [5, 5.41) is 8.79. The summed E-state index contributed by atoms with van der Waals surface area (Å²) < 4.78 is 1.84. The highest BCUT2D eigenvalue weighted by Gasteiger charge is 2.11. The molecule has 0 fully saturated rings. The molecule has 0 aliphatic carbocycles. The lowest BCUT2D eigenvalue weighted by atomic mass is 10.1. The number of aromatic nitrogens is 4. The van der Waals surface area contributed by atoms with Crippen LogP contribution < -0.4 is 5.32 Å². The second kappa shape index (κ2) is 6.02. The summed E-state index contributed by atoms with van der Waals surface area (Å²) in [4.78, 5) is 8.83. The third-order valence-corrected chi connectivity index (χ3v) is 4.38. The van der Waals surface area contributed by atoms with Gasteiger partial charge in [0, 0.05) is 5.69 Å². The van der Waals surface area contributed by atoms with E-state index in [1.807, 2.05) is 16.8 Å². The van der Waals surface area contributed by atoms with Crippen LogP contribution >= 0.6 is 0 Å². The van der Waals surface area contributed by atoms with Crippen LogP contribution in [0.4, 0.5) is 11.5 Å².